The first-order chi connectivity index (χ1) is 8.81. The summed E-state index contributed by atoms with van der Waals surface area (Å²) in [7, 11) is 0. The molecule has 0 saturated carbocycles. The summed E-state index contributed by atoms with van der Waals surface area (Å²) in [6.45, 7) is 0.856. The van der Waals surface area contributed by atoms with Crippen molar-refractivity contribution < 1.29 is 0 Å². The van der Waals surface area contributed by atoms with E-state index in [4.69, 9.17) is 11.6 Å². The molecular formula is C15H13ClN2. The van der Waals surface area contributed by atoms with Crippen LogP contribution >= 0.6 is 11.6 Å². The zero-order valence-corrected chi connectivity index (χ0v) is 10.6. The van der Waals surface area contributed by atoms with Gasteiger partial charge in [0, 0.05) is 11.2 Å². The van der Waals surface area contributed by atoms with Crippen molar-refractivity contribution >= 4 is 23.4 Å². The Morgan fingerprint density at radius 1 is 1.00 bits per heavy atom. The van der Waals surface area contributed by atoms with Crippen molar-refractivity contribution in [3.63, 3.8) is 0 Å². The minimum absolute atomic E-state index is 0.750. The molecule has 0 amide bonds. The van der Waals surface area contributed by atoms with Gasteiger partial charge in [0.1, 0.15) is 0 Å². The number of anilines is 1. The number of rotatable bonds is 2. The van der Waals surface area contributed by atoms with E-state index in [1.807, 2.05) is 24.3 Å². The molecule has 1 N–H and O–H groups in total. The lowest BCUT2D eigenvalue weighted by Gasteiger charge is -2.26. The Hall–Kier alpha value is -1.93. The molecule has 90 valence electrons. The fourth-order valence-corrected chi connectivity index (χ4v) is 2.14. The first-order valence-corrected chi connectivity index (χ1v) is 6.24. The predicted molar refractivity (Wildman–Crippen MR) is 76.1 cm³/mol. The summed E-state index contributed by atoms with van der Waals surface area (Å²) in [5.74, 6) is 0. The van der Waals surface area contributed by atoms with Crippen LogP contribution in [-0.4, -0.2) is 5.01 Å². The molecule has 0 radical (unpaired) electrons. The van der Waals surface area contributed by atoms with Gasteiger partial charge in [0.2, 0.25) is 0 Å². The largest absolute Gasteiger partial charge is 0.299 e. The predicted octanol–water partition coefficient (Wildman–Crippen LogP) is 4.15. The zero-order chi connectivity index (χ0) is 12.4. The van der Waals surface area contributed by atoms with Gasteiger partial charge in [-0.1, -0.05) is 35.9 Å². The van der Waals surface area contributed by atoms with Crippen molar-refractivity contribution in [2.24, 2.45) is 0 Å². The molecule has 0 saturated heterocycles. The maximum Gasteiger partial charge on any atom is 0.0643 e. The monoisotopic (exact) mass is 256 g/mol. The van der Waals surface area contributed by atoms with Crippen LogP contribution in [0, 0.1) is 0 Å². The highest BCUT2D eigenvalue weighted by Crippen LogP contribution is 2.21. The number of nitrogens with one attached hydrogen (secondary N) is 1. The van der Waals surface area contributed by atoms with E-state index < -0.39 is 0 Å². The van der Waals surface area contributed by atoms with Gasteiger partial charge in [0.25, 0.3) is 0 Å². The van der Waals surface area contributed by atoms with Crippen LogP contribution in [-0.2, 0) is 6.54 Å². The third kappa shape index (κ3) is 2.34. The van der Waals surface area contributed by atoms with E-state index in [2.05, 4.69) is 47.0 Å². The standard InChI is InChI=1S/C15H13ClN2/c16-14-5-7-15(8-6-14)17-18-10-9-12-3-1-2-4-13(12)11-18/h1-10,17H,11H2. The number of fused-ring (bicyclic) bond motifs is 1. The minimum Gasteiger partial charge on any atom is -0.299 e. The second-order valence-electron chi connectivity index (χ2n) is 4.26. The SMILES string of the molecule is Clc1ccc(NN2C=Cc3ccccc3C2)cc1. The van der Waals surface area contributed by atoms with Gasteiger partial charge in [-0.25, -0.2) is 0 Å². The van der Waals surface area contributed by atoms with Gasteiger partial charge < -0.3 is 0 Å². The Morgan fingerprint density at radius 2 is 1.78 bits per heavy atom. The van der Waals surface area contributed by atoms with Crippen LogP contribution in [0.15, 0.2) is 54.7 Å². The second kappa shape index (κ2) is 4.75. The van der Waals surface area contributed by atoms with E-state index in [0.717, 1.165) is 17.3 Å². The summed E-state index contributed by atoms with van der Waals surface area (Å²) in [4.78, 5) is 0. The zero-order valence-electron chi connectivity index (χ0n) is 9.81. The maximum atomic E-state index is 5.87. The molecule has 1 aliphatic heterocycles. The second-order valence-corrected chi connectivity index (χ2v) is 4.70. The topological polar surface area (TPSA) is 15.3 Å². The number of hydrogen-bond acceptors (Lipinski definition) is 2. The Labute approximate surface area is 111 Å². The molecule has 0 unspecified atom stereocenters. The van der Waals surface area contributed by atoms with E-state index >= 15 is 0 Å². The molecule has 1 aliphatic rings. The third-order valence-electron chi connectivity index (χ3n) is 2.95. The maximum absolute atomic E-state index is 5.87. The van der Waals surface area contributed by atoms with Crippen molar-refractivity contribution in [3.05, 3.63) is 70.9 Å². The highest BCUT2D eigenvalue weighted by molar-refractivity contribution is 6.30. The molecular weight excluding hydrogens is 244 g/mol. The van der Waals surface area contributed by atoms with Crippen LogP contribution in [0.5, 0.6) is 0 Å². The van der Waals surface area contributed by atoms with Crippen LogP contribution in [0.3, 0.4) is 0 Å². The van der Waals surface area contributed by atoms with Gasteiger partial charge in [-0.05, 0) is 41.5 Å². The average Bonchev–Trinajstić information content (AvgIpc) is 2.41. The number of halogens is 1. The van der Waals surface area contributed by atoms with Crippen LogP contribution < -0.4 is 5.43 Å². The fourth-order valence-electron chi connectivity index (χ4n) is 2.01. The summed E-state index contributed by atoms with van der Waals surface area (Å²) in [6.07, 6.45) is 4.17. The van der Waals surface area contributed by atoms with Gasteiger partial charge in [0.05, 0.1) is 12.2 Å². The van der Waals surface area contributed by atoms with E-state index in [1.165, 1.54) is 11.1 Å². The van der Waals surface area contributed by atoms with Gasteiger partial charge in [0.15, 0.2) is 0 Å². The van der Waals surface area contributed by atoms with E-state index in [1.54, 1.807) is 0 Å². The third-order valence-corrected chi connectivity index (χ3v) is 3.20. The van der Waals surface area contributed by atoms with Gasteiger partial charge >= 0.3 is 0 Å². The number of nitrogens with zero attached hydrogens (tertiary/aromatic N) is 1. The molecule has 0 bridgehead atoms. The summed E-state index contributed by atoms with van der Waals surface area (Å²) in [6, 6.07) is 16.1. The van der Waals surface area contributed by atoms with Gasteiger partial charge in [-0.3, -0.25) is 10.4 Å². The van der Waals surface area contributed by atoms with Crippen molar-refractivity contribution in [2.75, 3.05) is 5.43 Å². The van der Waals surface area contributed by atoms with E-state index in [0.29, 0.717) is 0 Å². The molecule has 0 spiro atoms. The van der Waals surface area contributed by atoms with Crippen molar-refractivity contribution in [1.29, 1.82) is 0 Å². The average molecular weight is 257 g/mol. The molecule has 2 aromatic rings. The summed E-state index contributed by atoms with van der Waals surface area (Å²) in [5.41, 5.74) is 6.97. The summed E-state index contributed by atoms with van der Waals surface area (Å²) < 4.78 is 0. The van der Waals surface area contributed by atoms with Crippen molar-refractivity contribution in [3.8, 4) is 0 Å². The molecule has 3 rings (SSSR count). The molecule has 0 fully saturated rings. The van der Waals surface area contributed by atoms with Crippen molar-refractivity contribution in [2.45, 2.75) is 6.54 Å². The van der Waals surface area contributed by atoms with E-state index in [9.17, 15) is 0 Å². The van der Waals surface area contributed by atoms with E-state index in [-0.39, 0.29) is 0 Å². The van der Waals surface area contributed by atoms with Crippen molar-refractivity contribution in [1.82, 2.24) is 5.01 Å². The Kier molecular flexibility index (Phi) is 2.95. The number of benzene rings is 2. The van der Waals surface area contributed by atoms with Gasteiger partial charge in [-0.2, -0.15) is 0 Å². The van der Waals surface area contributed by atoms with Crippen LogP contribution in [0.1, 0.15) is 11.1 Å². The Bertz CT molecular complexity index is 575. The highest BCUT2D eigenvalue weighted by Gasteiger charge is 2.09. The molecule has 2 aromatic carbocycles. The number of hydrazine groups is 1. The first-order valence-electron chi connectivity index (χ1n) is 5.86. The molecule has 2 nitrogen and oxygen atoms in total. The minimum atomic E-state index is 0.750. The fraction of sp³-hybridized carbons (Fsp3) is 0.0667. The summed E-state index contributed by atoms with van der Waals surface area (Å²) in [5, 5.41) is 2.81. The van der Waals surface area contributed by atoms with Crippen LogP contribution in [0.2, 0.25) is 5.02 Å². The quantitative estimate of drug-likeness (QED) is 0.868. The van der Waals surface area contributed by atoms with Crippen LogP contribution in [0.4, 0.5) is 5.69 Å². The summed E-state index contributed by atoms with van der Waals surface area (Å²) >= 11 is 5.87. The van der Waals surface area contributed by atoms with Gasteiger partial charge in [-0.15, -0.1) is 0 Å². The normalized spacial score (nSPS) is 13.3. The first kappa shape index (κ1) is 11.2. The number of hydrogen-bond donors (Lipinski definition) is 1. The van der Waals surface area contributed by atoms with Crippen LogP contribution in [0.25, 0.3) is 6.08 Å². The molecule has 1 heterocycles. The lowest BCUT2D eigenvalue weighted by Crippen LogP contribution is -2.25. The molecule has 18 heavy (non-hydrogen) atoms. The lowest BCUT2D eigenvalue weighted by atomic mass is 10.1. The highest BCUT2D eigenvalue weighted by atomic mass is 35.5. The smallest absolute Gasteiger partial charge is 0.0643 e. The lowest BCUT2D eigenvalue weighted by molar-refractivity contribution is 0.440. The molecule has 3 heteroatoms. The molecule has 0 aliphatic carbocycles. The molecule has 0 aromatic heterocycles. The molecule has 0 atom stereocenters. The Morgan fingerprint density at radius 3 is 2.61 bits per heavy atom. The Balaban J connectivity index is 1.75.